The van der Waals surface area contributed by atoms with Crippen LogP contribution in [0.4, 0.5) is 5.82 Å². The highest BCUT2D eigenvalue weighted by Gasteiger charge is 2.26. The van der Waals surface area contributed by atoms with Gasteiger partial charge in [0, 0.05) is 5.69 Å². The van der Waals surface area contributed by atoms with E-state index in [2.05, 4.69) is 4.98 Å². The van der Waals surface area contributed by atoms with Crippen molar-refractivity contribution in [3.8, 4) is 5.69 Å². The average molecular weight is 418 g/mol. The van der Waals surface area contributed by atoms with E-state index >= 15 is 0 Å². The molecule has 0 aliphatic carbocycles. The lowest BCUT2D eigenvalue weighted by atomic mass is 10.2. The third-order valence-corrected chi connectivity index (χ3v) is 4.78. The van der Waals surface area contributed by atoms with Gasteiger partial charge in [0.1, 0.15) is 16.9 Å². The van der Waals surface area contributed by atoms with Gasteiger partial charge in [-0.05, 0) is 49.7 Å². The zero-order chi connectivity index (χ0) is 22.0. The van der Waals surface area contributed by atoms with E-state index < -0.39 is 11.9 Å². The summed E-state index contributed by atoms with van der Waals surface area (Å²) >= 11 is 0. The number of esters is 2. The number of para-hydroxylation sites is 2. The Morgan fingerprint density at radius 1 is 0.935 bits per heavy atom. The molecule has 0 saturated heterocycles. The van der Waals surface area contributed by atoms with Gasteiger partial charge < -0.3 is 15.2 Å². The summed E-state index contributed by atoms with van der Waals surface area (Å²) in [5.41, 5.74) is 9.77. The number of ether oxygens (including phenoxy) is 2. The van der Waals surface area contributed by atoms with E-state index in [0.717, 1.165) is 0 Å². The first-order valence-electron chi connectivity index (χ1n) is 10.1. The van der Waals surface area contributed by atoms with Gasteiger partial charge >= 0.3 is 11.9 Å². The van der Waals surface area contributed by atoms with Gasteiger partial charge in [0.2, 0.25) is 0 Å². The molecule has 0 fully saturated rings. The van der Waals surface area contributed by atoms with Gasteiger partial charge in [0.15, 0.2) is 5.65 Å². The molecule has 0 unspecified atom stereocenters. The first-order valence-corrected chi connectivity index (χ1v) is 10.1. The fraction of sp³-hybridized carbons (Fsp3) is 0.217. The molecule has 2 aromatic heterocycles. The van der Waals surface area contributed by atoms with Crippen LogP contribution in [0.1, 0.15) is 41.0 Å². The summed E-state index contributed by atoms with van der Waals surface area (Å²) in [4.78, 5) is 34.1. The molecule has 4 rings (SSSR count). The van der Waals surface area contributed by atoms with Crippen LogP contribution in [0.25, 0.3) is 27.9 Å². The standard InChI is InChI=1S/C23H22N4O4/c1-3-13-31-23(29)18-19-21(26-17-8-6-5-7-16(17)25-19)27(20(18)24)15-11-9-14(10-12-15)22(28)30-4-2/h5-12H,3-4,13,24H2,1-2H3. The summed E-state index contributed by atoms with van der Waals surface area (Å²) < 4.78 is 12.0. The molecule has 2 N–H and O–H groups in total. The van der Waals surface area contributed by atoms with Gasteiger partial charge in [0.05, 0.1) is 29.8 Å². The van der Waals surface area contributed by atoms with Crippen molar-refractivity contribution in [2.75, 3.05) is 18.9 Å². The third kappa shape index (κ3) is 3.68. The summed E-state index contributed by atoms with van der Waals surface area (Å²) in [6.45, 7) is 4.24. The maximum absolute atomic E-state index is 12.8. The minimum absolute atomic E-state index is 0.176. The average Bonchev–Trinajstić information content (AvgIpc) is 3.06. The quantitative estimate of drug-likeness (QED) is 0.473. The SMILES string of the molecule is CCCOC(=O)c1c(N)n(-c2ccc(C(=O)OCC)cc2)c2nc3ccccc3nc12. The Morgan fingerprint density at radius 2 is 1.61 bits per heavy atom. The molecule has 0 aliphatic rings. The summed E-state index contributed by atoms with van der Waals surface area (Å²) in [6, 6.07) is 14.1. The molecule has 0 amide bonds. The summed E-state index contributed by atoms with van der Waals surface area (Å²) in [5.74, 6) is -0.778. The molecule has 0 radical (unpaired) electrons. The summed E-state index contributed by atoms with van der Waals surface area (Å²) in [5, 5.41) is 0. The Balaban J connectivity index is 1.91. The lowest BCUT2D eigenvalue weighted by molar-refractivity contribution is 0.0504. The van der Waals surface area contributed by atoms with Crippen LogP contribution in [0.5, 0.6) is 0 Å². The Labute approximate surface area is 178 Å². The number of rotatable bonds is 6. The Hall–Kier alpha value is -3.94. The highest BCUT2D eigenvalue weighted by Crippen LogP contribution is 2.31. The monoisotopic (exact) mass is 418 g/mol. The Kier molecular flexibility index (Phi) is 5.53. The van der Waals surface area contributed by atoms with Gasteiger partial charge in [-0.3, -0.25) is 4.57 Å². The van der Waals surface area contributed by atoms with Crippen LogP contribution >= 0.6 is 0 Å². The van der Waals surface area contributed by atoms with E-state index in [0.29, 0.717) is 46.5 Å². The maximum atomic E-state index is 12.8. The highest BCUT2D eigenvalue weighted by molar-refractivity contribution is 6.09. The molecule has 158 valence electrons. The Bertz CT molecular complexity index is 1280. The number of benzene rings is 2. The molecular formula is C23H22N4O4. The van der Waals surface area contributed by atoms with E-state index in [9.17, 15) is 9.59 Å². The van der Waals surface area contributed by atoms with Crippen molar-refractivity contribution < 1.29 is 19.1 Å². The van der Waals surface area contributed by atoms with Crippen molar-refractivity contribution in [3.63, 3.8) is 0 Å². The Morgan fingerprint density at radius 3 is 2.26 bits per heavy atom. The van der Waals surface area contributed by atoms with Gasteiger partial charge in [-0.15, -0.1) is 0 Å². The van der Waals surface area contributed by atoms with E-state index in [4.69, 9.17) is 20.2 Å². The lowest BCUT2D eigenvalue weighted by Gasteiger charge is -2.09. The predicted octanol–water partition coefficient (Wildman–Crippen LogP) is 3.90. The molecule has 2 aromatic carbocycles. The first-order chi connectivity index (χ1) is 15.0. The molecule has 4 aromatic rings. The van der Waals surface area contributed by atoms with Crippen LogP contribution < -0.4 is 5.73 Å². The minimum atomic E-state index is -0.546. The van der Waals surface area contributed by atoms with E-state index in [1.165, 1.54) is 0 Å². The fourth-order valence-corrected chi connectivity index (χ4v) is 3.35. The number of anilines is 1. The molecule has 31 heavy (non-hydrogen) atoms. The maximum Gasteiger partial charge on any atom is 0.344 e. The van der Waals surface area contributed by atoms with Crippen LogP contribution in [0.2, 0.25) is 0 Å². The van der Waals surface area contributed by atoms with Crippen molar-refractivity contribution in [1.82, 2.24) is 14.5 Å². The second-order valence-corrected chi connectivity index (χ2v) is 6.88. The largest absolute Gasteiger partial charge is 0.462 e. The van der Waals surface area contributed by atoms with E-state index in [-0.39, 0.29) is 18.0 Å². The second kappa shape index (κ2) is 8.43. The van der Waals surface area contributed by atoms with Gasteiger partial charge in [-0.25, -0.2) is 19.6 Å². The van der Waals surface area contributed by atoms with Crippen LogP contribution in [0.3, 0.4) is 0 Å². The van der Waals surface area contributed by atoms with Crippen LogP contribution in [0.15, 0.2) is 48.5 Å². The number of fused-ring (bicyclic) bond motifs is 2. The normalized spacial score (nSPS) is 11.0. The fourth-order valence-electron chi connectivity index (χ4n) is 3.35. The van der Waals surface area contributed by atoms with Gasteiger partial charge in [0.25, 0.3) is 0 Å². The molecule has 0 aliphatic heterocycles. The van der Waals surface area contributed by atoms with Gasteiger partial charge in [-0.1, -0.05) is 19.1 Å². The zero-order valence-corrected chi connectivity index (χ0v) is 17.3. The predicted molar refractivity (Wildman–Crippen MR) is 117 cm³/mol. The van der Waals surface area contributed by atoms with Gasteiger partial charge in [-0.2, -0.15) is 0 Å². The lowest BCUT2D eigenvalue weighted by Crippen LogP contribution is -2.10. The first kappa shape index (κ1) is 20.3. The minimum Gasteiger partial charge on any atom is -0.462 e. The topological polar surface area (TPSA) is 109 Å². The third-order valence-electron chi connectivity index (χ3n) is 4.78. The second-order valence-electron chi connectivity index (χ2n) is 6.88. The number of hydrogen-bond donors (Lipinski definition) is 1. The van der Waals surface area contributed by atoms with Crippen molar-refractivity contribution in [3.05, 3.63) is 59.7 Å². The number of hydrogen-bond acceptors (Lipinski definition) is 7. The molecule has 0 atom stereocenters. The molecule has 0 spiro atoms. The van der Waals surface area contributed by atoms with Crippen molar-refractivity contribution in [1.29, 1.82) is 0 Å². The number of carbonyl (C=O) groups excluding carboxylic acids is 2. The number of nitrogen functional groups attached to an aromatic ring is 1. The molecule has 2 heterocycles. The number of carbonyl (C=O) groups is 2. The molecule has 8 nitrogen and oxygen atoms in total. The smallest absolute Gasteiger partial charge is 0.344 e. The molecule has 0 saturated carbocycles. The molecular weight excluding hydrogens is 396 g/mol. The zero-order valence-electron chi connectivity index (χ0n) is 17.3. The number of nitrogens with zero attached hydrogens (tertiary/aromatic N) is 3. The van der Waals surface area contributed by atoms with Crippen LogP contribution in [-0.4, -0.2) is 39.7 Å². The number of nitrogens with two attached hydrogens (primary N) is 1. The summed E-state index contributed by atoms with van der Waals surface area (Å²) in [6.07, 6.45) is 0.689. The van der Waals surface area contributed by atoms with E-state index in [1.54, 1.807) is 35.8 Å². The number of aromatic nitrogens is 3. The molecule has 8 heteroatoms. The van der Waals surface area contributed by atoms with Crippen molar-refractivity contribution >= 4 is 40.0 Å². The van der Waals surface area contributed by atoms with Crippen molar-refractivity contribution in [2.24, 2.45) is 0 Å². The van der Waals surface area contributed by atoms with E-state index in [1.807, 2.05) is 31.2 Å². The summed E-state index contributed by atoms with van der Waals surface area (Å²) in [7, 11) is 0. The van der Waals surface area contributed by atoms with Crippen molar-refractivity contribution in [2.45, 2.75) is 20.3 Å². The molecule has 0 bridgehead atoms. The van der Waals surface area contributed by atoms with Crippen LogP contribution in [0, 0.1) is 0 Å². The highest BCUT2D eigenvalue weighted by atomic mass is 16.5. The van der Waals surface area contributed by atoms with Crippen LogP contribution in [-0.2, 0) is 9.47 Å².